The van der Waals surface area contributed by atoms with Crippen LogP contribution in [0.1, 0.15) is 34.9 Å². The number of rotatable bonds is 4. The highest BCUT2D eigenvalue weighted by atomic mass is 19.1. The highest BCUT2D eigenvalue weighted by Gasteiger charge is 2.29. The predicted molar refractivity (Wildman–Crippen MR) is 127 cm³/mol. The van der Waals surface area contributed by atoms with Crippen molar-refractivity contribution in [2.75, 3.05) is 13.1 Å². The van der Waals surface area contributed by atoms with Gasteiger partial charge in [-0.1, -0.05) is 48.5 Å². The van der Waals surface area contributed by atoms with Crippen molar-refractivity contribution in [3.8, 4) is 11.3 Å². The molecule has 1 aliphatic rings. The van der Waals surface area contributed by atoms with Gasteiger partial charge in [0.2, 0.25) is 0 Å². The molecule has 1 saturated heterocycles. The molecule has 1 aromatic heterocycles. The lowest BCUT2D eigenvalue weighted by Gasteiger charge is -2.34. The zero-order valence-corrected chi connectivity index (χ0v) is 18.2. The predicted octanol–water partition coefficient (Wildman–Crippen LogP) is 5.63. The van der Waals surface area contributed by atoms with E-state index in [2.05, 4.69) is 0 Å². The Balaban J connectivity index is 1.40. The minimum absolute atomic E-state index is 0.0374. The summed E-state index contributed by atoms with van der Waals surface area (Å²) in [7, 11) is 0. The van der Waals surface area contributed by atoms with Gasteiger partial charge < -0.3 is 10.0 Å². The topological polar surface area (TPSA) is 53.4 Å². The number of piperidine rings is 1. The van der Waals surface area contributed by atoms with Crippen LogP contribution in [0.4, 0.5) is 4.39 Å². The Labute approximate surface area is 192 Å². The van der Waals surface area contributed by atoms with Gasteiger partial charge in [-0.25, -0.2) is 9.37 Å². The number of pyridine rings is 1. The van der Waals surface area contributed by atoms with Gasteiger partial charge in [-0.2, -0.15) is 0 Å². The summed E-state index contributed by atoms with van der Waals surface area (Å²) < 4.78 is 13.4. The first-order valence-corrected chi connectivity index (χ1v) is 11.3. The fraction of sp³-hybridized carbons (Fsp3) is 0.214. The largest absolute Gasteiger partial charge is 0.388 e. The summed E-state index contributed by atoms with van der Waals surface area (Å²) in [4.78, 5) is 20.1. The molecule has 5 heteroatoms. The number of carbonyl (C=O) groups excluding carboxylic acids is 1. The zero-order chi connectivity index (χ0) is 22.8. The van der Waals surface area contributed by atoms with Gasteiger partial charge in [-0.3, -0.25) is 4.79 Å². The van der Waals surface area contributed by atoms with E-state index in [0.29, 0.717) is 24.3 Å². The molecule has 0 saturated carbocycles. The van der Waals surface area contributed by atoms with Gasteiger partial charge in [0.05, 0.1) is 22.9 Å². The maximum Gasteiger partial charge on any atom is 0.254 e. The van der Waals surface area contributed by atoms with Crippen LogP contribution in [0, 0.1) is 11.7 Å². The van der Waals surface area contributed by atoms with Crippen molar-refractivity contribution in [1.82, 2.24) is 9.88 Å². The molecule has 1 aliphatic heterocycles. The average Bonchev–Trinajstić information content (AvgIpc) is 2.88. The van der Waals surface area contributed by atoms with Crippen LogP contribution in [0.2, 0.25) is 0 Å². The van der Waals surface area contributed by atoms with E-state index in [1.54, 1.807) is 12.1 Å². The first kappa shape index (κ1) is 21.3. The van der Waals surface area contributed by atoms with Gasteiger partial charge in [0, 0.05) is 24.0 Å². The van der Waals surface area contributed by atoms with Crippen LogP contribution < -0.4 is 0 Å². The molecule has 33 heavy (non-hydrogen) atoms. The molecule has 1 atom stereocenters. The molecule has 4 nitrogen and oxygen atoms in total. The number of fused-ring (bicyclic) bond motifs is 1. The molecule has 0 aliphatic carbocycles. The van der Waals surface area contributed by atoms with Crippen molar-refractivity contribution in [3.63, 3.8) is 0 Å². The van der Waals surface area contributed by atoms with E-state index >= 15 is 0 Å². The van der Waals surface area contributed by atoms with Gasteiger partial charge in [0.15, 0.2) is 0 Å². The van der Waals surface area contributed by atoms with Gasteiger partial charge in [0.1, 0.15) is 5.82 Å². The van der Waals surface area contributed by atoms with Crippen LogP contribution in [0.25, 0.3) is 22.2 Å². The molecule has 3 aromatic carbocycles. The highest BCUT2D eigenvalue weighted by Crippen LogP contribution is 2.32. The number of amides is 1. The molecule has 0 spiro atoms. The molecule has 166 valence electrons. The van der Waals surface area contributed by atoms with E-state index in [9.17, 15) is 14.3 Å². The second-order valence-corrected chi connectivity index (χ2v) is 8.56. The van der Waals surface area contributed by atoms with E-state index in [1.165, 1.54) is 12.1 Å². The fourth-order valence-electron chi connectivity index (χ4n) is 4.63. The standard InChI is InChI=1S/C28H25FN2O2/c29-22-12-10-19(11-13-22)26-18-24(23-8-4-5-9-25(23)30-26)28(33)31-16-14-21(15-17-31)27(32)20-6-2-1-3-7-20/h1-13,18,21,27,32H,14-17H2. The first-order valence-electron chi connectivity index (χ1n) is 11.3. The van der Waals surface area contributed by atoms with Crippen molar-refractivity contribution in [2.45, 2.75) is 18.9 Å². The van der Waals surface area contributed by atoms with Crippen molar-refractivity contribution in [1.29, 1.82) is 0 Å². The fourth-order valence-corrected chi connectivity index (χ4v) is 4.63. The number of nitrogens with zero attached hydrogens (tertiary/aromatic N) is 2. The minimum Gasteiger partial charge on any atom is -0.388 e. The Bertz CT molecular complexity index is 1270. The number of carbonyl (C=O) groups is 1. The maximum atomic E-state index is 13.6. The van der Waals surface area contributed by atoms with E-state index in [1.807, 2.05) is 65.6 Å². The number of aliphatic hydroxyl groups is 1. The van der Waals surface area contributed by atoms with Crippen LogP contribution in [-0.4, -0.2) is 34.0 Å². The smallest absolute Gasteiger partial charge is 0.254 e. The molecule has 1 fully saturated rings. The third kappa shape index (κ3) is 4.37. The lowest BCUT2D eigenvalue weighted by Crippen LogP contribution is -2.39. The molecular weight excluding hydrogens is 415 g/mol. The number of halogens is 1. The number of aliphatic hydroxyl groups excluding tert-OH is 1. The minimum atomic E-state index is -0.518. The lowest BCUT2D eigenvalue weighted by atomic mass is 9.87. The summed E-state index contributed by atoms with van der Waals surface area (Å²) in [5.41, 5.74) is 3.66. The maximum absolute atomic E-state index is 13.6. The third-order valence-corrected chi connectivity index (χ3v) is 6.50. The van der Waals surface area contributed by atoms with E-state index in [0.717, 1.165) is 34.9 Å². The Kier molecular flexibility index (Phi) is 5.88. The number of para-hydroxylation sites is 1. The van der Waals surface area contributed by atoms with Gasteiger partial charge in [-0.05, 0) is 60.7 Å². The van der Waals surface area contributed by atoms with Crippen molar-refractivity contribution in [3.05, 3.63) is 102 Å². The van der Waals surface area contributed by atoms with Crippen molar-refractivity contribution < 1.29 is 14.3 Å². The van der Waals surface area contributed by atoms with Crippen LogP contribution in [-0.2, 0) is 0 Å². The average molecular weight is 441 g/mol. The number of hydrogen-bond acceptors (Lipinski definition) is 3. The molecule has 1 amide bonds. The van der Waals surface area contributed by atoms with Crippen LogP contribution in [0.5, 0.6) is 0 Å². The van der Waals surface area contributed by atoms with E-state index in [4.69, 9.17) is 4.98 Å². The molecule has 5 rings (SSSR count). The second kappa shape index (κ2) is 9.12. The molecule has 0 radical (unpaired) electrons. The normalized spacial score (nSPS) is 15.5. The van der Waals surface area contributed by atoms with Gasteiger partial charge in [0.25, 0.3) is 5.91 Å². The summed E-state index contributed by atoms with van der Waals surface area (Å²) in [6, 6.07) is 25.3. The summed E-state index contributed by atoms with van der Waals surface area (Å²) in [5.74, 6) is -0.221. The van der Waals surface area contributed by atoms with Crippen molar-refractivity contribution in [2.24, 2.45) is 5.92 Å². The molecule has 4 aromatic rings. The van der Waals surface area contributed by atoms with Gasteiger partial charge in [-0.15, -0.1) is 0 Å². The van der Waals surface area contributed by atoms with Crippen molar-refractivity contribution >= 4 is 16.8 Å². The Hall–Kier alpha value is -3.57. The first-order chi connectivity index (χ1) is 16.1. The lowest BCUT2D eigenvalue weighted by molar-refractivity contribution is 0.0463. The van der Waals surface area contributed by atoms with E-state index < -0.39 is 6.10 Å². The summed E-state index contributed by atoms with van der Waals surface area (Å²) >= 11 is 0. The Morgan fingerprint density at radius 1 is 0.939 bits per heavy atom. The number of benzene rings is 3. The number of aromatic nitrogens is 1. The molecule has 1 N–H and O–H groups in total. The quantitative estimate of drug-likeness (QED) is 0.448. The molecule has 2 heterocycles. The highest BCUT2D eigenvalue weighted by molar-refractivity contribution is 6.07. The number of likely N-dealkylation sites (tertiary alicyclic amines) is 1. The van der Waals surface area contributed by atoms with Crippen LogP contribution >= 0.6 is 0 Å². The third-order valence-electron chi connectivity index (χ3n) is 6.50. The number of hydrogen-bond donors (Lipinski definition) is 1. The van der Waals surface area contributed by atoms with Crippen LogP contribution in [0.3, 0.4) is 0 Å². The molecule has 1 unspecified atom stereocenters. The summed E-state index contributed by atoms with van der Waals surface area (Å²) in [6.07, 6.45) is 0.973. The molecule has 0 bridgehead atoms. The summed E-state index contributed by atoms with van der Waals surface area (Å²) in [5, 5.41) is 11.6. The molecular formula is C28H25FN2O2. The van der Waals surface area contributed by atoms with Gasteiger partial charge >= 0.3 is 0 Å². The zero-order valence-electron chi connectivity index (χ0n) is 18.2. The summed E-state index contributed by atoms with van der Waals surface area (Å²) in [6.45, 7) is 1.19. The van der Waals surface area contributed by atoms with E-state index in [-0.39, 0.29) is 17.6 Å². The Morgan fingerprint density at radius 2 is 1.61 bits per heavy atom. The monoisotopic (exact) mass is 440 g/mol. The van der Waals surface area contributed by atoms with Crippen LogP contribution in [0.15, 0.2) is 84.9 Å². The second-order valence-electron chi connectivity index (χ2n) is 8.56. The SMILES string of the molecule is O=C(c1cc(-c2ccc(F)cc2)nc2ccccc12)N1CCC(C(O)c2ccccc2)CC1. The Morgan fingerprint density at radius 3 is 2.33 bits per heavy atom.